The molecule has 0 saturated carbocycles. The van der Waals surface area contributed by atoms with Crippen molar-refractivity contribution < 1.29 is 9.59 Å². The molecule has 1 heterocycles. The van der Waals surface area contributed by atoms with E-state index in [1.54, 1.807) is 23.1 Å². The summed E-state index contributed by atoms with van der Waals surface area (Å²) in [6.07, 6.45) is 1.34. The summed E-state index contributed by atoms with van der Waals surface area (Å²) in [7, 11) is 0. The number of amides is 1. The average Bonchev–Trinajstić information content (AvgIpc) is 2.32. The van der Waals surface area contributed by atoms with Gasteiger partial charge in [0.15, 0.2) is 5.78 Å². The lowest BCUT2D eigenvalue weighted by Crippen LogP contribution is -2.40. The Morgan fingerprint density at radius 1 is 1.41 bits per heavy atom. The van der Waals surface area contributed by atoms with E-state index in [9.17, 15) is 9.59 Å². The predicted molar refractivity (Wildman–Crippen MR) is 66.3 cm³/mol. The van der Waals surface area contributed by atoms with Crippen LogP contribution >= 0.6 is 11.6 Å². The Morgan fingerprint density at radius 2 is 2.18 bits per heavy atom. The quantitative estimate of drug-likeness (QED) is 0.769. The highest BCUT2D eigenvalue weighted by atomic mass is 35.5. The number of hydrogen-bond donors (Lipinski definition) is 0. The van der Waals surface area contributed by atoms with Crippen molar-refractivity contribution in [3.8, 4) is 0 Å². The van der Waals surface area contributed by atoms with Gasteiger partial charge >= 0.3 is 0 Å². The first kappa shape index (κ1) is 12.1. The number of rotatable bonds is 1. The maximum Gasteiger partial charge on any atom is 0.254 e. The fourth-order valence-corrected chi connectivity index (χ4v) is 2.20. The molecule has 1 aliphatic heterocycles. The van der Waals surface area contributed by atoms with E-state index in [1.807, 2.05) is 6.92 Å². The summed E-state index contributed by atoms with van der Waals surface area (Å²) >= 11 is 5.99. The molecule has 0 unspecified atom stereocenters. The molecule has 3 nitrogen and oxygen atoms in total. The maximum atomic E-state index is 12.2. The molecule has 1 aromatic rings. The van der Waals surface area contributed by atoms with Gasteiger partial charge in [-0.05, 0) is 31.0 Å². The van der Waals surface area contributed by atoms with E-state index in [2.05, 4.69) is 0 Å². The lowest BCUT2D eigenvalue weighted by atomic mass is 10.0. The normalized spacial score (nSPS) is 16.1. The second-order valence-corrected chi connectivity index (χ2v) is 4.69. The minimum Gasteiger partial charge on any atom is -0.331 e. The number of nitrogens with zero attached hydrogens (tertiary/aromatic N) is 1. The SMILES string of the molecule is Cc1c(Cl)cccc1C(=O)N1CCCC(=O)C1. The molecule has 17 heavy (non-hydrogen) atoms. The molecule has 0 atom stereocenters. The van der Waals surface area contributed by atoms with Crippen LogP contribution in [0, 0.1) is 6.92 Å². The number of carbonyl (C=O) groups is 2. The van der Waals surface area contributed by atoms with Gasteiger partial charge in [-0.1, -0.05) is 17.7 Å². The van der Waals surface area contributed by atoms with Crippen molar-refractivity contribution in [2.24, 2.45) is 0 Å². The topological polar surface area (TPSA) is 37.4 Å². The minimum absolute atomic E-state index is 0.0990. The fraction of sp³-hybridized carbons (Fsp3) is 0.385. The number of ketones is 1. The number of likely N-dealkylation sites (tertiary alicyclic amines) is 1. The molecule has 0 aliphatic carbocycles. The first-order valence-electron chi connectivity index (χ1n) is 5.65. The van der Waals surface area contributed by atoms with Crippen molar-refractivity contribution in [2.45, 2.75) is 19.8 Å². The lowest BCUT2D eigenvalue weighted by Gasteiger charge is -2.26. The van der Waals surface area contributed by atoms with E-state index in [1.165, 1.54) is 0 Å². The Labute approximate surface area is 105 Å². The molecule has 1 fully saturated rings. The average molecular weight is 252 g/mol. The number of Topliss-reactive ketones (excluding diaryl/α,β-unsaturated/α-hetero) is 1. The van der Waals surface area contributed by atoms with Crippen LogP contribution in [-0.2, 0) is 4.79 Å². The summed E-state index contributed by atoms with van der Waals surface area (Å²) in [4.78, 5) is 25.2. The van der Waals surface area contributed by atoms with Crippen LogP contribution < -0.4 is 0 Å². The second-order valence-electron chi connectivity index (χ2n) is 4.28. The van der Waals surface area contributed by atoms with E-state index >= 15 is 0 Å². The summed E-state index contributed by atoms with van der Waals surface area (Å²) in [5, 5.41) is 0.583. The predicted octanol–water partition coefficient (Wildman–Crippen LogP) is 2.45. The van der Waals surface area contributed by atoms with Gasteiger partial charge in [0.05, 0.1) is 6.54 Å². The highest BCUT2D eigenvalue weighted by Crippen LogP contribution is 2.21. The van der Waals surface area contributed by atoms with Crippen LogP contribution in [0.15, 0.2) is 18.2 Å². The third-order valence-corrected chi connectivity index (χ3v) is 3.45. The zero-order valence-electron chi connectivity index (χ0n) is 9.70. The van der Waals surface area contributed by atoms with Gasteiger partial charge in [0.25, 0.3) is 5.91 Å². The van der Waals surface area contributed by atoms with Crippen molar-refractivity contribution in [1.82, 2.24) is 4.90 Å². The molecule has 0 N–H and O–H groups in total. The summed E-state index contributed by atoms with van der Waals surface area (Å²) in [5.74, 6) is 0.0299. The summed E-state index contributed by atoms with van der Waals surface area (Å²) in [6.45, 7) is 2.70. The molecule has 1 saturated heterocycles. The highest BCUT2D eigenvalue weighted by Gasteiger charge is 2.23. The smallest absolute Gasteiger partial charge is 0.254 e. The molecule has 0 radical (unpaired) electrons. The first-order valence-corrected chi connectivity index (χ1v) is 6.03. The van der Waals surface area contributed by atoms with Crippen LogP contribution in [0.4, 0.5) is 0 Å². The van der Waals surface area contributed by atoms with Crippen molar-refractivity contribution in [1.29, 1.82) is 0 Å². The van der Waals surface area contributed by atoms with Crippen LogP contribution in [0.3, 0.4) is 0 Å². The zero-order valence-corrected chi connectivity index (χ0v) is 10.5. The Balaban J connectivity index is 2.24. The third kappa shape index (κ3) is 2.50. The first-order chi connectivity index (χ1) is 8.09. The van der Waals surface area contributed by atoms with Crippen molar-refractivity contribution in [3.05, 3.63) is 34.3 Å². The summed E-state index contributed by atoms with van der Waals surface area (Å²) in [6, 6.07) is 5.27. The standard InChI is InChI=1S/C13H14ClNO2/c1-9-11(5-2-6-12(9)14)13(17)15-7-3-4-10(16)8-15/h2,5-6H,3-4,7-8H2,1H3. The maximum absolute atomic E-state index is 12.2. The number of piperidine rings is 1. The Bertz CT molecular complexity index is 470. The highest BCUT2D eigenvalue weighted by molar-refractivity contribution is 6.31. The molecular weight excluding hydrogens is 238 g/mol. The Hall–Kier alpha value is -1.35. The van der Waals surface area contributed by atoms with Gasteiger partial charge in [-0.15, -0.1) is 0 Å². The molecule has 0 bridgehead atoms. The number of halogens is 1. The number of carbonyl (C=O) groups excluding carboxylic acids is 2. The molecule has 1 amide bonds. The second kappa shape index (κ2) is 4.88. The van der Waals surface area contributed by atoms with E-state index in [-0.39, 0.29) is 18.2 Å². The minimum atomic E-state index is -0.0990. The number of hydrogen-bond acceptors (Lipinski definition) is 2. The molecule has 90 valence electrons. The van der Waals surface area contributed by atoms with Crippen LogP contribution in [0.2, 0.25) is 5.02 Å². The van der Waals surface area contributed by atoms with Crippen molar-refractivity contribution in [2.75, 3.05) is 13.1 Å². The molecule has 2 rings (SSSR count). The molecule has 0 aromatic heterocycles. The fourth-order valence-electron chi connectivity index (χ4n) is 2.02. The Kier molecular flexibility index (Phi) is 3.48. The number of benzene rings is 1. The van der Waals surface area contributed by atoms with Crippen molar-refractivity contribution in [3.63, 3.8) is 0 Å². The van der Waals surface area contributed by atoms with Gasteiger partial charge in [-0.25, -0.2) is 0 Å². The van der Waals surface area contributed by atoms with Crippen LogP contribution in [0.25, 0.3) is 0 Å². The third-order valence-electron chi connectivity index (χ3n) is 3.04. The largest absolute Gasteiger partial charge is 0.331 e. The van der Waals surface area contributed by atoms with Crippen LogP contribution in [0.5, 0.6) is 0 Å². The molecular formula is C13H14ClNO2. The van der Waals surface area contributed by atoms with E-state index in [0.29, 0.717) is 23.6 Å². The van der Waals surface area contributed by atoms with Gasteiger partial charge in [0, 0.05) is 23.6 Å². The van der Waals surface area contributed by atoms with Gasteiger partial charge in [-0.2, -0.15) is 0 Å². The molecule has 0 spiro atoms. The van der Waals surface area contributed by atoms with Crippen LogP contribution in [0.1, 0.15) is 28.8 Å². The Morgan fingerprint density at radius 3 is 2.88 bits per heavy atom. The lowest BCUT2D eigenvalue weighted by molar-refractivity contribution is -0.121. The monoisotopic (exact) mass is 251 g/mol. The van der Waals surface area contributed by atoms with Gasteiger partial charge in [0.2, 0.25) is 0 Å². The van der Waals surface area contributed by atoms with Gasteiger partial charge in [0.1, 0.15) is 0 Å². The summed E-state index contributed by atoms with van der Waals surface area (Å²) < 4.78 is 0. The van der Waals surface area contributed by atoms with Gasteiger partial charge < -0.3 is 4.90 Å². The molecule has 4 heteroatoms. The van der Waals surface area contributed by atoms with Gasteiger partial charge in [-0.3, -0.25) is 9.59 Å². The van der Waals surface area contributed by atoms with E-state index < -0.39 is 0 Å². The van der Waals surface area contributed by atoms with Crippen LogP contribution in [-0.4, -0.2) is 29.7 Å². The zero-order chi connectivity index (χ0) is 12.4. The van der Waals surface area contributed by atoms with E-state index in [0.717, 1.165) is 12.0 Å². The molecule has 1 aliphatic rings. The summed E-state index contributed by atoms with van der Waals surface area (Å²) in [5.41, 5.74) is 1.37. The van der Waals surface area contributed by atoms with E-state index in [4.69, 9.17) is 11.6 Å². The molecule has 1 aromatic carbocycles. The van der Waals surface area contributed by atoms with Crippen molar-refractivity contribution >= 4 is 23.3 Å².